The quantitative estimate of drug-likeness (QED) is 0.750. The standard InChI is InChI=1S/C11H14N2O4/c14-8-3-4-13(7-8)10(15)6-12-11(16)9-2-1-5-17-9/h1-2,5,8,14H,3-4,6-7H2,(H,12,16)/t8-/m0/s1. The van der Waals surface area contributed by atoms with Crippen LogP contribution in [0.2, 0.25) is 0 Å². The summed E-state index contributed by atoms with van der Waals surface area (Å²) in [7, 11) is 0. The minimum atomic E-state index is -0.445. The molecule has 1 aliphatic rings. The molecule has 1 aromatic heterocycles. The SMILES string of the molecule is O=C(NCC(=O)N1CC[C@H](O)C1)c1ccco1. The van der Waals surface area contributed by atoms with Gasteiger partial charge in [0.05, 0.1) is 18.9 Å². The molecule has 2 amide bonds. The zero-order valence-corrected chi connectivity index (χ0v) is 9.26. The Bertz CT molecular complexity index is 402. The summed E-state index contributed by atoms with van der Waals surface area (Å²) in [6.45, 7) is 0.804. The van der Waals surface area contributed by atoms with Gasteiger partial charge in [-0.05, 0) is 18.6 Å². The molecule has 2 rings (SSSR count). The van der Waals surface area contributed by atoms with Gasteiger partial charge < -0.3 is 19.7 Å². The molecule has 0 spiro atoms. The Morgan fingerprint density at radius 1 is 1.59 bits per heavy atom. The normalized spacial score (nSPS) is 19.4. The predicted octanol–water partition coefficient (Wildman–Crippen LogP) is -0.397. The molecule has 6 nitrogen and oxygen atoms in total. The van der Waals surface area contributed by atoms with Crippen molar-refractivity contribution >= 4 is 11.8 Å². The molecule has 0 aliphatic carbocycles. The van der Waals surface area contributed by atoms with E-state index in [1.807, 2.05) is 0 Å². The number of nitrogens with zero attached hydrogens (tertiary/aromatic N) is 1. The smallest absolute Gasteiger partial charge is 0.287 e. The first-order valence-electron chi connectivity index (χ1n) is 5.44. The molecule has 92 valence electrons. The lowest BCUT2D eigenvalue weighted by atomic mass is 10.3. The summed E-state index contributed by atoms with van der Waals surface area (Å²) >= 11 is 0. The molecule has 1 aromatic rings. The lowest BCUT2D eigenvalue weighted by molar-refractivity contribution is -0.129. The van der Waals surface area contributed by atoms with Crippen LogP contribution >= 0.6 is 0 Å². The summed E-state index contributed by atoms with van der Waals surface area (Å²) in [6.07, 6.45) is 1.55. The highest BCUT2D eigenvalue weighted by Gasteiger charge is 2.24. The molecular formula is C11H14N2O4. The van der Waals surface area contributed by atoms with E-state index in [0.717, 1.165) is 0 Å². The molecule has 2 N–H and O–H groups in total. The van der Waals surface area contributed by atoms with E-state index < -0.39 is 12.0 Å². The Balaban J connectivity index is 1.78. The third-order valence-corrected chi connectivity index (χ3v) is 2.66. The second kappa shape index (κ2) is 5.01. The molecule has 0 aromatic carbocycles. The number of nitrogens with one attached hydrogen (secondary N) is 1. The number of aliphatic hydroxyl groups is 1. The maximum absolute atomic E-state index is 11.6. The van der Waals surface area contributed by atoms with Gasteiger partial charge >= 0.3 is 0 Å². The van der Waals surface area contributed by atoms with Crippen LogP contribution in [0.5, 0.6) is 0 Å². The lowest BCUT2D eigenvalue weighted by Crippen LogP contribution is -2.39. The van der Waals surface area contributed by atoms with Crippen molar-refractivity contribution in [3.8, 4) is 0 Å². The molecule has 6 heteroatoms. The Kier molecular flexibility index (Phi) is 3.43. The van der Waals surface area contributed by atoms with Crippen molar-refractivity contribution in [3.63, 3.8) is 0 Å². The van der Waals surface area contributed by atoms with E-state index in [1.54, 1.807) is 6.07 Å². The third kappa shape index (κ3) is 2.85. The molecular weight excluding hydrogens is 224 g/mol. The maximum atomic E-state index is 11.6. The number of furan rings is 1. The number of aliphatic hydroxyl groups excluding tert-OH is 1. The van der Waals surface area contributed by atoms with Gasteiger partial charge in [0.25, 0.3) is 5.91 Å². The van der Waals surface area contributed by atoms with Crippen LogP contribution in [0.4, 0.5) is 0 Å². The number of hydrogen-bond acceptors (Lipinski definition) is 4. The molecule has 0 unspecified atom stereocenters. The first-order chi connectivity index (χ1) is 8.16. The van der Waals surface area contributed by atoms with Crippen LogP contribution in [-0.2, 0) is 4.79 Å². The van der Waals surface area contributed by atoms with Gasteiger partial charge in [0.2, 0.25) is 5.91 Å². The molecule has 0 bridgehead atoms. The van der Waals surface area contributed by atoms with Crippen molar-refractivity contribution in [1.82, 2.24) is 10.2 Å². The Morgan fingerprint density at radius 3 is 3.00 bits per heavy atom. The topological polar surface area (TPSA) is 82.8 Å². The van der Waals surface area contributed by atoms with Gasteiger partial charge in [-0.15, -0.1) is 0 Å². The van der Waals surface area contributed by atoms with Gasteiger partial charge in [0, 0.05) is 13.1 Å². The van der Waals surface area contributed by atoms with Gasteiger partial charge in [-0.1, -0.05) is 0 Å². The van der Waals surface area contributed by atoms with Crippen molar-refractivity contribution in [2.45, 2.75) is 12.5 Å². The van der Waals surface area contributed by atoms with Crippen LogP contribution < -0.4 is 5.32 Å². The monoisotopic (exact) mass is 238 g/mol. The van der Waals surface area contributed by atoms with Crippen LogP contribution in [0, 0.1) is 0 Å². The summed E-state index contributed by atoms with van der Waals surface area (Å²) < 4.78 is 4.89. The molecule has 1 atom stereocenters. The summed E-state index contributed by atoms with van der Waals surface area (Å²) in [4.78, 5) is 24.6. The van der Waals surface area contributed by atoms with Gasteiger partial charge in [0.1, 0.15) is 0 Å². The van der Waals surface area contributed by atoms with E-state index >= 15 is 0 Å². The predicted molar refractivity (Wildman–Crippen MR) is 58.2 cm³/mol. The van der Waals surface area contributed by atoms with Crippen LogP contribution in [0.15, 0.2) is 22.8 Å². The summed E-state index contributed by atoms with van der Waals surface area (Å²) in [5, 5.41) is 11.8. The van der Waals surface area contributed by atoms with E-state index in [0.29, 0.717) is 19.5 Å². The second-order valence-corrected chi connectivity index (χ2v) is 3.94. The Hall–Kier alpha value is -1.82. The number of β-amino-alcohol motifs (C(OH)–C–C–N with tert-alkyl or cyclic N) is 1. The third-order valence-electron chi connectivity index (χ3n) is 2.66. The van der Waals surface area contributed by atoms with Crippen LogP contribution in [0.25, 0.3) is 0 Å². The van der Waals surface area contributed by atoms with E-state index in [4.69, 9.17) is 4.42 Å². The summed E-state index contributed by atoms with van der Waals surface area (Å²) in [6, 6.07) is 3.13. The number of rotatable bonds is 3. The van der Waals surface area contributed by atoms with Crippen molar-refractivity contribution in [2.75, 3.05) is 19.6 Å². The number of hydrogen-bond donors (Lipinski definition) is 2. The summed E-state index contributed by atoms with van der Waals surface area (Å²) in [5.74, 6) is -0.427. The van der Waals surface area contributed by atoms with E-state index in [1.165, 1.54) is 17.2 Å². The largest absolute Gasteiger partial charge is 0.459 e. The van der Waals surface area contributed by atoms with Crippen molar-refractivity contribution in [1.29, 1.82) is 0 Å². The molecule has 1 fully saturated rings. The van der Waals surface area contributed by atoms with E-state index in [2.05, 4.69) is 5.32 Å². The highest BCUT2D eigenvalue weighted by atomic mass is 16.3. The molecule has 1 saturated heterocycles. The van der Waals surface area contributed by atoms with E-state index in [9.17, 15) is 14.7 Å². The summed E-state index contributed by atoms with van der Waals surface area (Å²) in [5.41, 5.74) is 0. The van der Waals surface area contributed by atoms with Gasteiger partial charge in [-0.2, -0.15) is 0 Å². The van der Waals surface area contributed by atoms with Gasteiger partial charge in [-0.3, -0.25) is 9.59 Å². The molecule has 0 radical (unpaired) electrons. The number of amides is 2. The van der Waals surface area contributed by atoms with E-state index in [-0.39, 0.29) is 18.2 Å². The molecule has 2 heterocycles. The molecule has 0 saturated carbocycles. The van der Waals surface area contributed by atoms with Crippen molar-refractivity contribution in [3.05, 3.63) is 24.2 Å². The highest BCUT2D eigenvalue weighted by Crippen LogP contribution is 2.08. The first-order valence-corrected chi connectivity index (χ1v) is 5.44. The van der Waals surface area contributed by atoms with Crippen LogP contribution in [-0.4, -0.2) is 47.6 Å². The van der Waals surface area contributed by atoms with Crippen molar-refractivity contribution < 1.29 is 19.1 Å². The fourth-order valence-corrected chi connectivity index (χ4v) is 1.73. The maximum Gasteiger partial charge on any atom is 0.287 e. The van der Waals surface area contributed by atoms with Crippen molar-refractivity contribution in [2.24, 2.45) is 0 Å². The Labute approximate surface area is 98.2 Å². The highest BCUT2D eigenvalue weighted by molar-refractivity contribution is 5.94. The number of carbonyl (C=O) groups excluding carboxylic acids is 2. The lowest BCUT2D eigenvalue weighted by Gasteiger charge is -2.15. The Morgan fingerprint density at radius 2 is 2.41 bits per heavy atom. The van der Waals surface area contributed by atoms with Crippen LogP contribution in [0.3, 0.4) is 0 Å². The number of likely N-dealkylation sites (tertiary alicyclic amines) is 1. The average molecular weight is 238 g/mol. The zero-order valence-electron chi connectivity index (χ0n) is 9.26. The minimum absolute atomic E-state index is 0.0771. The first kappa shape index (κ1) is 11.7. The molecule has 17 heavy (non-hydrogen) atoms. The fourth-order valence-electron chi connectivity index (χ4n) is 1.73. The average Bonchev–Trinajstić information content (AvgIpc) is 2.95. The fraction of sp³-hybridized carbons (Fsp3) is 0.455. The van der Waals surface area contributed by atoms with Gasteiger partial charge in [-0.25, -0.2) is 0 Å². The molecule has 1 aliphatic heterocycles. The van der Waals surface area contributed by atoms with Crippen LogP contribution in [0.1, 0.15) is 17.0 Å². The minimum Gasteiger partial charge on any atom is -0.459 e. The number of carbonyl (C=O) groups is 2. The zero-order chi connectivity index (χ0) is 12.3. The van der Waals surface area contributed by atoms with Gasteiger partial charge in [0.15, 0.2) is 5.76 Å². The second-order valence-electron chi connectivity index (χ2n) is 3.94.